The first kappa shape index (κ1) is 12.6. The normalized spacial score (nSPS) is 20.0. The Kier molecular flexibility index (Phi) is 3.84. The van der Waals surface area contributed by atoms with Crippen molar-refractivity contribution in [2.24, 2.45) is 5.92 Å². The summed E-state index contributed by atoms with van der Waals surface area (Å²) in [5.41, 5.74) is 0.933. The Labute approximate surface area is 107 Å². The summed E-state index contributed by atoms with van der Waals surface area (Å²) in [4.78, 5) is 11.0. The minimum atomic E-state index is 0.245. The molecule has 0 spiro atoms. The highest BCUT2D eigenvalue weighted by Crippen LogP contribution is 2.28. The van der Waals surface area contributed by atoms with Crippen molar-refractivity contribution < 1.29 is 5.11 Å². The smallest absolute Gasteiger partial charge is 0.137 e. The van der Waals surface area contributed by atoms with Crippen molar-refractivity contribution in [2.75, 3.05) is 24.6 Å². The van der Waals surface area contributed by atoms with Gasteiger partial charge in [-0.3, -0.25) is 0 Å². The molecule has 2 rings (SSSR count). The molecule has 1 aromatic heterocycles. The number of aromatic nitrogens is 2. The Morgan fingerprint density at radius 1 is 1.47 bits per heavy atom. The van der Waals surface area contributed by atoms with E-state index in [1.54, 1.807) is 0 Å². The number of aliphatic hydroxyl groups is 1. The SMILES string of the molecule is CCc1nc(Cl)c(C)c(N2CCC(CO)C2)n1. The molecule has 0 saturated carbocycles. The van der Waals surface area contributed by atoms with E-state index in [0.717, 1.165) is 43.1 Å². The Morgan fingerprint density at radius 3 is 2.82 bits per heavy atom. The Hall–Kier alpha value is -0.870. The van der Waals surface area contributed by atoms with E-state index in [4.69, 9.17) is 16.7 Å². The van der Waals surface area contributed by atoms with Crippen molar-refractivity contribution in [3.8, 4) is 0 Å². The summed E-state index contributed by atoms with van der Waals surface area (Å²) in [6, 6.07) is 0. The second kappa shape index (κ2) is 5.19. The van der Waals surface area contributed by atoms with Crippen molar-refractivity contribution in [2.45, 2.75) is 26.7 Å². The molecule has 0 aliphatic carbocycles. The zero-order valence-electron chi connectivity index (χ0n) is 10.3. The van der Waals surface area contributed by atoms with Crippen LogP contribution in [0.15, 0.2) is 0 Å². The summed E-state index contributed by atoms with van der Waals surface area (Å²) in [7, 11) is 0. The fourth-order valence-corrected chi connectivity index (χ4v) is 2.34. The molecule has 0 amide bonds. The van der Waals surface area contributed by atoms with Crippen LogP contribution in [0.4, 0.5) is 5.82 Å². The fourth-order valence-electron chi connectivity index (χ4n) is 2.16. The van der Waals surface area contributed by atoms with E-state index in [1.165, 1.54) is 0 Å². The number of hydrogen-bond acceptors (Lipinski definition) is 4. The lowest BCUT2D eigenvalue weighted by Gasteiger charge is -2.20. The number of hydrogen-bond donors (Lipinski definition) is 1. The van der Waals surface area contributed by atoms with Crippen molar-refractivity contribution in [3.05, 3.63) is 16.5 Å². The van der Waals surface area contributed by atoms with Crippen LogP contribution in [0.5, 0.6) is 0 Å². The molecule has 1 fully saturated rings. The highest BCUT2D eigenvalue weighted by Gasteiger charge is 2.25. The van der Waals surface area contributed by atoms with Crippen LogP contribution >= 0.6 is 11.6 Å². The molecule has 17 heavy (non-hydrogen) atoms. The van der Waals surface area contributed by atoms with E-state index < -0.39 is 0 Å². The molecule has 1 N–H and O–H groups in total. The molecule has 1 aliphatic heterocycles. The van der Waals surface area contributed by atoms with Crippen molar-refractivity contribution in [1.29, 1.82) is 0 Å². The molecule has 1 unspecified atom stereocenters. The van der Waals surface area contributed by atoms with Crippen molar-refractivity contribution in [1.82, 2.24) is 9.97 Å². The molecular formula is C12H18ClN3O. The van der Waals surface area contributed by atoms with Crippen molar-refractivity contribution in [3.63, 3.8) is 0 Å². The molecule has 0 radical (unpaired) electrons. The average Bonchev–Trinajstić information content (AvgIpc) is 2.81. The third kappa shape index (κ3) is 2.53. The van der Waals surface area contributed by atoms with Crippen LogP contribution in [-0.4, -0.2) is 34.8 Å². The minimum absolute atomic E-state index is 0.245. The zero-order valence-corrected chi connectivity index (χ0v) is 11.0. The van der Waals surface area contributed by atoms with Crippen LogP contribution < -0.4 is 4.90 Å². The molecule has 1 saturated heterocycles. The third-order valence-electron chi connectivity index (χ3n) is 3.27. The maximum absolute atomic E-state index is 9.17. The summed E-state index contributed by atoms with van der Waals surface area (Å²) < 4.78 is 0. The molecule has 0 bridgehead atoms. The van der Waals surface area contributed by atoms with E-state index in [9.17, 15) is 0 Å². The van der Waals surface area contributed by atoms with Crippen LogP contribution in [0.3, 0.4) is 0 Å². The molecule has 5 heteroatoms. The average molecular weight is 256 g/mol. The lowest BCUT2D eigenvalue weighted by atomic mass is 10.1. The maximum atomic E-state index is 9.17. The highest BCUT2D eigenvalue weighted by molar-refractivity contribution is 6.30. The van der Waals surface area contributed by atoms with Gasteiger partial charge in [-0.25, -0.2) is 9.97 Å². The number of aliphatic hydroxyl groups excluding tert-OH is 1. The van der Waals surface area contributed by atoms with E-state index in [-0.39, 0.29) is 6.61 Å². The van der Waals surface area contributed by atoms with Crippen LogP contribution in [0.25, 0.3) is 0 Å². The zero-order chi connectivity index (χ0) is 12.4. The van der Waals surface area contributed by atoms with Gasteiger partial charge in [-0.15, -0.1) is 0 Å². The lowest BCUT2D eigenvalue weighted by molar-refractivity contribution is 0.238. The Bertz CT molecular complexity index is 411. The molecule has 1 aromatic rings. The monoisotopic (exact) mass is 255 g/mol. The van der Waals surface area contributed by atoms with Crippen molar-refractivity contribution >= 4 is 17.4 Å². The maximum Gasteiger partial charge on any atom is 0.137 e. The van der Waals surface area contributed by atoms with Gasteiger partial charge >= 0.3 is 0 Å². The summed E-state index contributed by atoms with van der Waals surface area (Å²) >= 11 is 6.12. The van der Waals surface area contributed by atoms with Crippen LogP contribution in [0, 0.1) is 12.8 Å². The highest BCUT2D eigenvalue weighted by atomic mass is 35.5. The van der Waals surface area contributed by atoms with Crippen LogP contribution in [-0.2, 0) is 6.42 Å². The Morgan fingerprint density at radius 2 is 2.24 bits per heavy atom. The van der Waals surface area contributed by atoms with Gasteiger partial charge in [0, 0.05) is 37.6 Å². The third-order valence-corrected chi connectivity index (χ3v) is 3.63. The number of aryl methyl sites for hydroxylation is 1. The van der Waals surface area contributed by atoms with E-state index >= 15 is 0 Å². The van der Waals surface area contributed by atoms with E-state index in [1.807, 2.05) is 13.8 Å². The number of nitrogens with zero attached hydrogens (tertiary/aromatic N) is 3. The predicted molar refractivity (Wildman–Crippen MR) is 68.6 cm³/mol. The largest absolute Gasteiger partial charge is 0.396 e. The minimum Gasteiger partial charge on any atom is -0.396 e. The summed E-state index contributed by atoms with van der Waals surface area (Å²) in [5.74, 6) is 2.06. The predicted octanol–water partition coefficient (Wildman–Crippen LogP) is 1.82. The van der Waals surface area contributed by atoms with Gasteiger partial charge in [-0.1, -0.05) is 18.5 Å². The van der Waals surface area contributed by atoms with Crippen LogP contribution in [0.2, 0.25) is 5.15 Å². The van der Waals surface area contributed by atoms with Gasteiger partial charge in [0.2, 0.25) is 0 Å². The lowest BCUT2D eigenvalue weighted by Crippen LogP contribution is -2.23. The van der Waals surface area contributed by atoms with Gasteiger partial charge in [0.15, 0.2) is 0 Å². The second-order valence-corrected chi connectivity index (χ2v) is 4.87. The molecule has 1 atom stereocenters. The molecule has 1 aliphatic rings. The van der Waals surface area contributed by atoms with Gasteiger partial charge in [0.1, 0.15) is 16.8 Å². The number of halogens is 1. The molecular weight excluding hydrogens is 238 g/mol. The first-order chi connectivity index (χ1) is 8.15. The van der Waals surface area contributed by atoms with Gasteiger partial charge < -0.3 is 10.0 Å². The second-order valence-electron chi connectivity index (χ2n) is 4.52. The standard InChI is InChI=1S/C12H18ClN3O/c1-3-10-14-11(13)8(2)12(15-10)16-5-4-9(6-16)7-17/h9,17H,3-7H2,1-2H3. The number of rotatable bonds is 3. The first-order valence-electron chi connectivity index (χ1n) is 6.04. The quantitative estimate of drug-likeness (QED) is 0.837. The summed E-state index contributed by atoms with van der Waals surface area (Å²) in [6.45, 7) is 6.00. The topological polar surface area (TPSA) is 49.2 Å². The van der Waals surface area contributed by atoms with Crippen LogP contribution in [0.1, 0.15) is 24.7 Å². The fraction of sp³-hybridized carbons (Fsp3) is 0.667. The summed E-state index contributed by atoms with van der Waals surface area (Å²) in [6.07, 6.45) is 1.79. The summed E-state index contributed by atoms with van der Waals surface area (Å²) in [5, 5.41) is 9.71. The molecule has 2 heterocycles. The van der Waals surface area contributed by atoms with Gasteiger partial charge in [0.05, 0.1) is 0 Å². The molecule has 94 valence electrons. The van der Waals surface area contributed by atoms with E-state index in [2.05, 4.69) is 14.9 Å². The van der Waals surface area contributed by atoms with Gasteiger partial charge in [0.25, 0.3) is 0 Å². The molecule has 4 nitrogen and oxygen atoms in total. The van der Waals surface area contributed by atoms with Gasteiger partial charge in [-0.2, -0.15) is 0 Å². The Balaban J connectivity index is 2.28. The number of anilines is 1. The van der Waals surface area contributed by atoms with E-state index in [0.29, 0.717) is 11.1 Å². The molecule has 0 aromatic carbocycles. The first-order valence-corrected chi connectivity index (χ1v) is 6.42. The van der Waals surface area contributed by atoms with Gasteiger partial charge in [-0.05, 0) is 13.3 Å².